The summed E-state index contributed by atoms with van der Waals surface area (Å²) in [5.74, 6) is 0. The number of benzene rings is 8. The summed E-state index contributed by atoms with van der Waals surface area (Å²) in [6, 6.07) is 66.6. The smallest absolute Gasteiger partial charge is 0.136 e. The van der Waals surface area contributed by atoms with Gasteiger partial charge in [0, 0.05) is 27.3 Å². The van der Waals surface area contributed by atoms with E-state index in [0.717, 1.165) is 114 Å². The lowest BCUT2D eigenvalue weighted by atomic mass is 9.95. The molecule has 0 saturated carbocycles. The Labute approximate surface area is 363 Å². The van der Waals surface area contributed by atoms with E-state index in [1.807, 2.05) is 12.1 Å². The molecule has 10 aromatic rings. The molecule has 0 fully saturated rings. The van der Waals surface area contributed by atoms with Crippen molar-refractivity contribution in [3.05, 3.63) is 216 Å². The van der Waals surface area contributed by atoms with Crippen LogP contribution < -0.4 is 0 Å². The quantitative estimate of drug-likeness (QED) is 0.115. The van der Waals surface area contributed by atoms with E-state index >= 15 is 0 Å². The van der Waals surface area contributed by atoms with Gasteiger partial charge in [-0.05, 0) is 113 Å². The summed E-state index contributed by atoms with van der Waals surface area (Å²) in [5.41, 5.74) is 17.4. The molecule has 300 valence electrons. The van der Waals surface area contributed by atoms with Gasteiger partial charge in [0.1, 0.15) is 22.3 Å². The molecule has 0 aliphatic heterocycles. The maximum atomic E-state index is 6.44. The number of nitrogens with zero attached hydrogens (tertiary/aromatic N) is 1. The van der Waals surface area contributed by atoms with E-state index in [1.54, 1.807) is 0 Å². The molecule has 0 aliphatic carbocycles. The lowest BCUT2D eigenvalue weighted by Gasteiger charge is -2.12. The van der Waals surface area contributed by atoms with Gasteiger partial charge < -0.3 is 8.83 Å². The maximum absolute atomic E-state index is 6.44. The molecule has 0 saturated heterocycles. The first kappa shape index (κ1) is 38.7. The average molecular weight is 802 g/mol. The Bertz CT molecular complexity index is 3270. The van der Waals surface area contributed by atoms with Crippen LogP contribution in [0.5, 0.6) is 0 Å². The molecule has 0 spiro atoms. The lowest BCUT2D eigenvalue weighted by Crippen LogP contribution is -2.02. The van der Waals surface area contributed by atoms with E-state index in [0.29, 0.717) is 0 Å². The van der Waals surface area contributed by atoms with Crippen molar-refractivity contribution in [3.8, 4) is 33.4 Å². The number of unbranched alkanes of at least 4 members (excludes halogenated alkanes) is 1. The number of rotatable bonds is 12. The highest BCUT2D eigenvalue weighted by molar-refractivity contribution is 6.13. The Morgan fingerprint density at radius 2 is 1.11 bits per heavy atom. The van der Waals surface area contributed by atoms with E-state index in [9.17, 15) is 0 Å². The number of fused-ring (bicyclic) bond motifs is 6. The van der Waals surface area contributed by atoms with Gasteiger partial charge in [-0.2, -0.15) is 0 Å². The molecule has 0 amide bonds. The molecule has 2 aromatic heterocycles. The second-order valence-corrected chi connectivity index (χ2v) is 16.2. The Morgan fingerprint density at radius 3 is 1.90 bits per heavy atom. The molecule has 2 heterocycles. The summed E-state index contributed by atoms with van der Waals surface area (Å²) in [6.45, 7) is 4.43. The fourth-order valence-corrected chi connectivity index (χ4v) is 8.61. The molecule has 62 heavy (non-hydrogen) atoms. The highest BCUT2D eigenvalue weighted by Gasteiger charge is 2.15. The second-order valence-electron chi connectivity index (χ2n) is 16.2. The zero-order valence-electron chi connectivity index (χ0n) is 35.1. The van der Waals surface area contributed by atoms with Crippen LogP contribution in [0.25, 0.3) is 89.0 Å². The van der Waals surface area contributed by atoms with Gasteiger partial charge in [0.15, 0.2) is 0 Å². The number of para-hydroxylation sites is 1. The molecule has 0 bridgehead atoms. The Balaban J connectivity index is 0.940. The van der Waals surface area contributed by atoms with Crippen LogP contribution >= 0.6 is 0 Å². The van der Waals surface area contributed by atoms with Crippen molar-refractivity contribution in [1.82, 2.24) is 0 Å². The SMILES string of the molecule is CCC/C=C(\N=C(CC/C(C)=C\c1ccc2c(c1)oc1ccccc12)c1ccccc1)c1ccc(-c2cccc3oc4ccc(-c5ccc(-c6ccccc6)cc5)cc4c23)cc1. The van der Waals surface area contributed by atoms with Crippen LogP contribution in [-0.2, 0) is 0 Å². The van der Waals surface area contributed by atoms with Crippen LogP contribution in [-0.4, -0.2) is 5.71 Å². The zero-order chi connectivity index (χ0) is 41.8. The first-order valence-corrected chi connectivity index (χ1v) is 21.7. The standard InChI is InChI=1S/C59H47NO2/c1-3-4-20-53(60-54(46-16-9-6-10-17-46)35-23-40(2)37-41-24-34-51-50-18-11-12-21-55(50)62-58(51)38-41)47-31-29-45(30-32-47)49-19-13-22-57-59(49)52-39-48(33-36-56(52)61-57)44-27-25-43(26-28-44)42-14-7-5-8-15-42/h5-22,24-34,36-39H,3-4,23,35H2,1-2H3/b40-37-,53-20-,60-54?. The van der Waals surface area contributed by atoms with Crippen LogP contribution in [0.15, 0.2) is 214 Å². The van der Waals surface area contributed by atoms with Crippen LogP contribution in [0.1, 0.15) is 56.2 Å². The third kappa shape index (κ3) is 7.93. The molecular formula is C59H47NO2. The Hall–Kier alpha value is -7.49. The van der Waals surface area contributed by atoms with E-state index in [4.69, 9.17) is 13.8 Å². The van der Waals surface area contributed by atoms with Crippen molar-refractivity contribution < 1.29 is 8.83 Å². The van der Waals surface area contributed by atoms with Gasteiger partial charge in [0.2, 0.25) is 0 Å². The van der Waals surface area contributed by atoms with Crippen LogP contribution in [0.4, 0.5) is 0 Å². The fraction of sp³-hybridized carbons (Fsp3) is 0.102. The van der Waals surface area contributed by atoms with Gasteiger partial charge in [0.25, 0.3) is 0 Å². The predicted octanol–water partition coefficient (Wildman–Crippen LogP) is 17.0. The molecule has 0 unspecified atom stereocenters. The van der Waals surface area contributed by atoms with Gasteiger partial charge in [-0.1, -0.05) is 183 Å². The largest absolute Gasteiger partial charge is 0.456 e. The van der Waals surface area contributed by atoms with Crippen molar-refractivity contribution in [2.45, 2.75) is 39.5 Å². The molecule has 0 atom stereocenters. The summed E-state index contributed by atoms with van der Waals surface area (Å²) < 4.78 is 12.6. The van der Waals surface area contributed by atoms with E-state index in [1.165, 1.54) is 22.3 Å². The molecule has 10 rings (SSSR count). The van der Waals surface area contributed by atoms with Crippen LogP contribution in [0.3, 0.4) is 0 Å². The normalized spacial score (nSPS) is 12.6. The van der Waals surface area contributed by atoms with E-state index in [2.05, 4.69) is 202 Å². The van der Waals surface area contributed by atoms with E-state index < -0.39 is 0 Å². The van der Waals surface area contributed by atoms with Gasteiger partial charge >= 0.3 is 0 Å². The number of furan rings is 2. The average Bonchev–Trinajstić information content (AvgIpc) is 3.90. The molecule has 0 radical (unpaired) electrons. The minimum Gasteiger partial charge on any atom is -0.456 e. The first-order chi connectivity index (χ1) is 30.6. The monoisotopic (exact) mass is 801 g/mol. The molecule has 0 aliphatic rings. The van der Waals surface area contributed by atoms with Crippen molar-refractivity contribution in [2.75, 3.05) is 0 Å². The van der Waals surface area contributed by atoms with Crippen molar-refractivity contribution in [3.63, 3.8) is 0 Å². The van der Waals surface area contributed by atoms with Crippen molar-refractivity contribution in [2.24, 2.45) is 4.99 Å². The minimum atomic E-state index is 0.815. The number of allylic oxidation sites excluding steroid dienone is 2. The van der Waals surface area contributed by atoms with Crippen LogP contribution in [0.2, 0.25) is 0 Å². The first-order valence-electron chi connectivity index (χ1n) is 21.7. The third-order valence-corrected chi connectivity index (χ3v) is 11.9. The highest BCUT2D eigenvalue weighted by atomic mass is 16.3. The fourth-order valence-electron chi connectivity index (χ4n) is 8.61. The highest BCUT2D eigenvalue weighted by Crippen LogP contribution is 2.39. The van der Waals surface area contributed by atoms with Gasteiger partial charge in [-0.15, -0.1) is 0 Å². The third-order valence-electron chi connectivity index (χ3n) is 11.9. The van der Waals surface area contributed by atoms with Crippen molar-refractivity contribution >= 4 is 61.4 Å². The summed E-state index contributed by atoms with van der Waals surface area (Å²) in [7, 11) is 0. The summed E-state index contributed by atoms with van der Waals surface area (Å²) in [5, 5.41) is 4.55. The topological polar surface area (TPSA) is 38.6 Å². The van der Waals surface area contributed by atoms with Crippen LogP contribution in [0, 0.1) is 0 Å². The second kappa shape index (κ2) is 17.2. The zero-order valence-corrected chi connectivity index (χ0v) is 35.1. The number of aliphatic imine (C=N–C) groups is 1. The van der Waals surface area contributed by atoms with Gasteiger partial charge in [-0.3, -0.25) is 4.99 Å². The lowest BCUT2D eigenvalue weighted by molar-refractivity contribution is 0.668. The summed E-state index contributed by atoms with van der Waals surface area (Å²) >= 11 is 0. The van der Waals surface area contributed by atoms with Gasteiger partial charge in [0.05, 0.1) is 5.70 Å². The summed E-state index contributed by atoms with van der Waals surface area (Å²) in [6.07, 6.45) is 8.26. The van der Waals surface area contributed by atoms with Crippen molar-refractivity contribution in [1.29, 1.82) is 0 Å². The van der Waals surface area contributed by atoms with E-state index in [-0.39, 0.29) is 0 Å². The van der Waals surface area contributed by atoms with Gasteiger partial charge in [-0.25, -0.2) is 0 Å². The molecule has 3 nitrogen and oxygen atoms in total. The molecule has 3 heteroatoms. The Morgan fingerprint density at radius 1 is 0.484 bits per heavy atom. The molecule has 8 aromatic carbocycles. The minimum absolute atomic E-state index is 0.815. The predicted molar refractivity (Wildman–Crippen MR) is 262 cm³/mol. The number of hydrogen-bond donors (Lipinski definition) is 0. The maximum Gasteiger partial charge on any atom is 0.136 e. The number of hydrogen-bond acceptors (Lipinski definition) is 3. The molecule has 0 N–H and O–H groups in total. The molecular weight excluding hydrogens is 755 g/mol. The Kier molecular flexibility index (Phi) is 10.8. The summed E-state index contributed by atoms with van der Waals surface area (Å²) in [4.78, 5) is 5.46.